The molecule has 11 heteroatoms. The summed E-state index contributed by atoms with van der Waals surface area (Å²) in [5.74, 6) is 0.584. The molecule has 8 nitrogen and oxygen atoms in total. The number of amides is 1. The van der Waals surface area contributed by atoms with Gasteiger partial charge >= 0.3 is 0 Å². The van der Waals surface area contributed by atoms with Crippen molar-refractivity contribution in [1.82, 2.24) is 15.2 Å². The van der Waals surface area contributed by atoms with E-state index >= 15 is 0 Å². The van der Waals surface area contributed by atoms with Crippen LogP contribution in [0, 0.1) is 0 Å². The summed E-state index contributed by atoms with van der Waals surface area (Å²) in [6.45, 7) is 0. The van der Waals surface area contributed by atoms with Crippen LogP contribution in [0.3, 0.4) is 0 Å². The zero-order valence-electron chi connectivity index (χ0n) is 14.6. The van der Waals surface area contributed by atoms with Gasteiger partial charge in [0.05, 0.1) is 15.1 Å². The Kier molecular flexibility index (Phi) is 4.96. The third-order valence-electron chi connectivity index (χ3n) is 3.84. The van der Waals surface area contributed by atoms with Crippen LogP contribution in [0.25, 0.3) is 21.7 Å². The second-order valence-corrected chi connectivity index (χ2v) is 9.81. The molecule has 4 rings (SSSR count). The smallest absolute Gasteiger partial charge is 0.248 e. The minimum atomic E-state index is -3.29. The monoisotopic (exact) mass is 434 g/mol. The van der Waals surface area contributed by atoms with E-state index in [1.54, 1.807) is 12.1 Å². The number of hydrogen-bond acceptors (Lipinski definition) is 9. The summed E-state index contributed by atoms with van der Waals surface area (Å²) in [5.41, 5.74) is 1.49. The van der Waals surface area contributed by atoms with Gasteiger partial charge in [-0.3, -0.25) is 4.79 Å². The quantitative estimate of drug-likeness (QED) is 0.494. The molecule has 0 aliphatic carbocycles. The maximum atomic E-state index is 12.2. The van der Waals surface area contributed by atoms with Gasteiger partial charge in [-0.15, -0.1) is 10.2 Å². The Morgan fingerprint density at radius 1 is 1.25 bits per heavy atom. The zero-order chi connectivity index (χ0) is 19.7. The van der Waals surface area contributed by atoms with Gasteiger partial charge in [-0.05, 0) is 29.6 Å². The number of carbonyl (C=O) groups is 1. The number of anilines is 1. The molecule has 1 N–H and O–H groups in total. The molecule has 0 aliphatic heterocycles. The fourth-order valence-corrected chi connectivity index (χ4v) is 4.72. The molecule has 0 spiro atoms. The van der Waals surface area contributed by atoms with Crippen LogP contribution in [0.5, 0.6) is 0 Å². The molecule has 144 valence electrons. The van der Waals surface area contributed by atoms with Crippen LogP contribution in [0.1, 0.15) is 12.3 Å². The highest BCUT2D eigenvalue weighted by molar-refractivity contribution is 7.90. The Labute approximate surface area is 168 Å². The van der Waals surface area contributed by atoms with Crippen molar-refractivity contribution in [2.45, 2.75) is 17.7 Å². The third kappa shape index (κ3) is 4.11. The van der Waals surface area contributed by atoms with Crippen molar-refractivity contribution in [1.29, 1.82) is 0 Å². The summed E-state index contributed by atoms with van der Waals surface area (Å²) in [7, 11) is -3.29. The number of benzene rings is 1. The molecular weight excluding hydrogens is 420 g/mol. The Balaban J connectivity index is 1.40. The molecular formula is C17H14N4O4S3. The van der Waals surface area contributed by atoms with E-state index in [9.17, 15) is 13.2 Å². The Bertz CT molecular complexity index is 1240. The largest absolute Gasteiger partial charge is 0.421 e. The van der Waals surface area contributed by atoms with Crippen molar-refractivity contribution in [2.24, 2.45) is 0 Å². The maximum Gasteiger partial charge on any atom is 0.248 e. The van der Waals surface area contributed by atoms with Gasteiger partial charge in [-0.1, -0.05) is 11.3 Å². The highest BCUT2D eigenvalue weighted by Crippen LogP contribution is 2.28. The van der Waals surface area contributed by atoms with Gasteiger partial charge in [-0.25, -0.2) is 13.4 Å². The molecule has 4 aromatic rings. The number of nitrogens with zero attached hydrogens (tertiary/aromatic N) is 3. The van der Waals surface area contributed by atoms with Gasteiger partial charge in [0.15, 0.2) is 15.0 Å². The molecule has 3 aromatic heterocycles. The average Bonchev–Trinajstić information content (AvgIpc) is 3.37. The van der Waals surface area contributed by atoms with E-state index in [4.69, 9.17) is 4.42 Å². The van der Waals surface area contributed by atoms with E-state index in [2.05, 4.69) is 20.5 Å². The minimum Gasteiger partial charge on any atom is -0.421 e. The normalized spacial score (nSPS) is 11.8. The molecule has 0 saturated heterocycles. The second kappa shape index (κ2) is 7.41. The van der Waals surface area contributed by atoms with Crippen LogP contribution in [0.15, 0.2) is 44.3 Å². The highest BCUT2D eigenvalue weighted by Gasteiger charge is 2.14. The number of fused-ring (bicyclic) bond motifs is 1. The van der Waals surface area contributed by atoms with E-state index < -0.39 is 9.84 Å². The first-order valence-electron chi connectivity index (χ1n) is 8.14. The molecule has 0 aliphatic rings. The van der Waals surface area contributed by atoms with Crippen molar-refractivity contribution in [3.8, 4) is 11.5 Å². The number of nitrogens with one attached hydrogen (secondary N) is 1. The van der Waals surface area contributed by atoms with Gasteiger partial charge in [0.1, 0.15) is 0 Å². The fourth-order valence-electron chi connectivity index (χ4n) is 2.45. The van der Waals surface area contributed by atoms with Crippen molar-refractivity contribution in [2.75, 3.05) is 11.6 Å². The summed E-state index contributed by atoms with van der Waals surface area (Å²) >= 11 is 2.76. The molecule has 1 aromatic carbocycles. The molecule has 0 atom stereocenters. The fraction of sp³-hybridized carbons (Fsp3) is 0.176. The lowest BCUT2D eigenvalue weighted by Crippen LogP contribution is -2.12. The number of sulfone groups is 1. The summed E-state index contributed by atoms with van der Waals surface area (Å²) in [5, 5.41) is 14.9. The van der Waals surface area contributed by atoms with Crippen molar-refractivity contribution in [3.63, 3.8) is 0 Å². The van der Waals surface area contributed by atoms with Crippen molar-refractivity contribution < 1.29 is 17.6 Å². The number of aromatic nitrogens is 3. The Morgan fingerprint density at radius 2 is 2.11 bits per heavy atom. The van der Waals surface area contributed by atoms with Crippen LogP contribution < -0.4 is 5.32 Å². The topological polar surface area (TPSA) is 115 Å². The average molecular weight is 435 g/mol. The SMILES string of the molecule is CS(=O)(=O)c1ccc2nc(NC(=O)CCc3nnc(-c4ccsc4)o3)sc2c1. The lowest BCUT2D eigenvalue weighted by atomic mass is 10.3. The van der Waals surface area contributed by atoms with E-state index in [-0.39, 0.29) is 17.2 Å². The first kappa shape index (κ1) is 18.7. The molecule has 3 heterocycles. The highest BCUT2D eigenvalue weighted by atomic mass is 32.2. The molecule has 0 radical (unpaired) electrons. The molecule has 0 saturated carbocycles. The van der Waals surface area contributed by atoms with E-state index in [0.717, 1.165) is 11.8 Å². The summed E-state index contributed by atoms with van der Waals surface area (Å²) in [6.07, 6.45) is 1.63. The van der Waals surface area contributed by atoms with Gasteiger partial charge in [0, 0.05) is 30.0 Å². The van der Waals surface area contributed by atoms with Gasteiger partial charge < -0.3 is 9.73 Å². The standard InChI is InChI=1S/C17H14N4O4S3/c1-28(23,24)11-2-3-12-13(8-11)27-17(18-12)19-14(22)4-5-15-20-21-16(25-15)10-6-7-26-9-10/h2-3,6-9H,4-5H2,1H3,(H,18,19,22). The van der Waals surface area contributed by atoms with Crippen LogP contribution in [0.4, 0.5) is 5.13 Å². The third-order valence-corrected chi connectivity index (χ3v) is 6.56. The number of rotatable bonds is 6. The first-order chi connectivity index (χ1) is 13.4. The molecule has 0 unspecified atom stereocenters. The molecule has 28 heavy (non-hydrogen) atoms. The number of thiazole rings is 1. The van der Waals surface area contributed by atoms with E-state index in [0.29, 0.717) is 33.6 Å². The van der Waals surface area contributed by atoms with Gasteiger partial charge in [0.2, 0.25) is 17.7 Å². The number of aryl methyl sites for hydroxylation is 1. The van der Waals surface area contributed by atoms with Crippen molar-refractivity contribution in [3.05, 3.63) is 40.9 Å². The summed E-state index contributed by atoms with van der Waals surface area (Å²) < 4.78 is 29.6. The van der Waals surface area contributed by atoms with Gasteiger partial charge in [-0.2, -0.15) is 11.3 Å². The molecule has 0 fully saturated rings. The van der Waals surface area contributed by atoms with E-state index in [1.165, 1.54) is 28.7 Å². The number of thiophene rings is 1. The molecule has 1 amide bonds. The van der Waals surface area contributed by atoms with E-state index in [1.807, 2.05) is 16.8 Å². The number of carbonyl (C=O) groups excluding carboxylic acids is 1. The second-order valence-electron chi connectivity index (χ2n) is 5.98. The minimum absolute atomic E-state index is 0.162. The predicted octanol–water partition coefficient (Wildman–Crippen LogP) is 3.38. The number of hydrogen-bond donors (Lipinski definition) is 1. The lowest BCUT2D eigenvalue weighted by molar-refractivity contribution is -0.116. The van der Waals surface area contributed by atoms with Crippen LogP contribution >= 0.6 is 22.7 Å². The summed E-state index contributed by atoms with van der Waals surface area (Å²) in [4.78, 5) is 16.7. The first-order valence-corrected chi connectivity index (χ1v) is 11.8. The van der Waals surface area contributed by atoms with Crippen LogP contribution in [-0.4, -0.2) is 35.8 Å². The summed E-state index contributed by atoms with van der Waals surface area (Å²) in [6, 6.07) is 6.57. The Hall–Kier alpha value is -2.63. The van der Waals surface area contributed by atoms with Gasteiger partial charge in [0.25, 0.3) is 0 Å². The lowest BCUT2D eigenvalue weighted by Gasteiger charge is -1.98. The maximum absolute atomic E-state index is 12.2. The zero-order valence-corrected chi connectivity index (χ0v) is 17.0. The van der Waals surface area contributed by atoms with Crippen LogP contribution in [-0.2, 0) is 21.1 Å². The van der Waals surface area contributed by atoms with Crippen LogP contribution in [0.2, 0.25) is 0 Å². The molecule has 0 bridgehead atoms. The predicted molar refractivity (Wildman–Crippen MR) is 107 cm³/mol. The Morgan fingerprint density at radius 3 is 2.86 bits per heavy atom. The van der Waals surface area contributed by atoms with Crippen molar-refractivity contribution >= 4 is 53.8 Å².